The van der Waals surface area contributed by atoms with E-state index in [2.05, 4.69) is 23.7 Å². The van der Waals surface area contributed by atoms with E-state index in [0.717, 1.165) is 26.3 Å². The average Bonchev–Trinajstić information content (AvgIpc) is 2.59. The average molecular weight is 370 g/mol. The number of amides is 1. The van der Waals surface area contributed by atoms with Gasteiger partial charge in [0.05, 0.1) is 19.8 Å². The molecular weight excluding hydrogens is 334 g/mol. The summed E-state index contributed by atoms with van der Waals surface area (Å²) in [5.41, 5.74) is 5.69. The van der Waals surface area contributed by atoms with Crippen molar-refractivity contribution in [3.63, 3.8) is 0 Å². The summed E-state index contributed by atoms with van der Waals surface area (Å²) in [5, 5.41) is 0. The number of nitrogens with two attached hydrogens (primary N) is 1. The van der Waals surface area contributed by atoms with Gasteiger partial charge in [0.2, 0.25) is 0 Å². The van der Waals surface area contributed by atoms with Crippen LogP contribution in [0.2, 0.25) is 0 Å². The van der Waals surface area contributed by atoms with Gasteiger partial charge in [-0.1, -0.05) is 0 Å². The number of ether oxygens (including phenoxy) is 2. The molecule has 2 saturated heterocycles. The van der Waals surface area contributed by atoms with Gasteiger partial charge in [0.25, 0.3) is 0 Å². The summed E-state index contributed by atoms with van der Waals surface area (Å²) < 4.78 is 10.8. The minimum atomic E-state index is -0.472. The molecule has 2 fully saturated rings. The van der Waals surface area contributed by atoms with E-state index in [9.17, 15) is 4.79 Å². The molecule has 26 heavy (non-hydrogen) atoms. The van der Waals surface area contributed by atoms with E-state index in [1.165, 1.54) is 0 Å². The van der Waals surface area contributed by atoms with Crippen LogP contribution in [0.15, 0.2) is 4.99 Å². The van der Waals surface area contributed by atoms with E-state index in [0.29, 0.717) is 38.7 Å². The quantitative estimate of drug-likeness (QED) is 0.589. The Morgan fingerprint density at radius 3 is 2.08 bits per heavy atom. The number of aliphatic imine (C=N–C) groups is 1. The van der Waals surface area contributed by atoms with Crippen molar-refractivity contribution >= 4 is 12.1 Å². The summed E-state index contributed by atoms with van der Waals surface area (Å²) in [6, 6.07) is 0. The summed E-state index contributed by atoms with van der Waals surface area (Å²) in [7, 11) is 0. The van der Waals surface area contributed by atoms with Gasteiger partial charge < -0.3 is 25.0 Å². The molecule has 0 aromatic rings. The fourth-order valence-corrected chi connectivity index (χ4v) is 3.09. The first-order valence-electron chi connectivity index (χ1n) is 9.44. The first-order valence-corrected chi connectivity index (χ1v) is 9.44. The maximum absolute atomic E-state index is 12.1. The molecule has 0 bridgehead atoms. The Bertz CT molecular complexity index is 501. The molecule has 2 aliphatic rings. The van der Waals surface area contributed by atoms with Crippen molar-refractivity contribution in [1.29, 1.82) is 0 Å². The van der Waals surface area contributed by atoms with Crippen LogP contribution in [0.25, 0.3) is 0 Å². The van der Waals surface area contributed by atoms with E-state index in [1.807, 2.05) is 25.7 Å². The Balaban J connectivity index is 1.82. The summed E-state index contributed by atoms with van der Waals surface area (Å²) in [5.74, 6) is 0.551. The highest BCUT2D eigenvalue weighted by Gasteiger charge is 2.29. The standard InChI is InChI=1S/C18H35N5O3/c1-17(2,3)26-16(24)22-8-6-21(7-9-22)15(19)20-14-18(4,5)23-10-12-25-13-11-23/h6-14H2,1-5H3,(H2,19,20). The van der Waals surface area contributed by atoms with Crippen molar-refractivity contribution in [2.45, 2.75) is 45.8 Å². The number of morpholine rings is 1. The molecule has 2 aliphatic heterocycles. The molecular formula is C18H35N5O3. The molecule has 2 N–H and O–H groups in total. The Labute approximate surface area is 157 Å². The molecule has 0 atom stereocenters. The van der Waals surface area contributed by atoms with Crippen LogP contribution in [-0.4, -0.2) is 96.9 Å². The van der Waals surface area contributed by atoms with Crippen LogP contribution in [0.3, 0.4) is 0 Å². The fourth-order valence-electron chi connectivity index (χ4n) is 3.09. The van der Waals surface area contributed by atoms with E-state index >= 15 is 0 Å². The SMILES string of the molecule is CC(C)(C)OC(=O)N1CCN(C(N)=NCC(C)(C)N2CCOCC2)CC1. The Kier molecular flexibility index (Phi) is 6.74. The smallest absolute Gasteiger partial charge is 0.410 e. The van der Waals surface area contributed by atoms with Crippen molar-refractivity contribution in [3.05, 3.63) is 0 Å². The van der Waals surface area contributed by atoms with Crippen LogP contribution < -0.4 is 5.73 Å². The third-order valence-electron chi connectivity index (χ3n) is 4.75. The van der Waals surface area contributed by atoms with Crippen molar-refractivity contribution in [2.75, 3.05) is 59.0 Å². The Hall–Kier alpha value is -1.54. The number of piperazine rings is 1. The van der Waals surface area contributed by atoms with E-state index in [4.69, 9.17) is 15.2 Å². The summed E-state index contributed by atoms with van der Waals surface area (Å²) in [4.78, 5) is 22.9. The topological polar surface area (TPSA) is 83.6 Å². The summed E-state index contributed by atoms with van der Waals surface area (Å²) >= 11 is 0. The predicted octanol–water partition coefficient (Wildman–Crippen LogP) is 0.965. The third-order valence-corrected chi connectivity index (χ3v) is 4.75. The van der Waals surface area contributed by atoms with Crippen LogP contribution in [0.1, 0.15) is 34.6 Å². The van der Waals surface area contributed by atoms with Gasteiger partial charge in [-0.3, -0.25) is 9.89 Å². The maximum Gasteiger partial charge on any atom is 0.410 e. The first-order chi connectivity index (χ1) is 12.1. The van der Waals surface area contributed by atoms with Gasteiger partial charge >= 0.3 is 6.09 Å². The molecule has 0 radical (unpaired) electrons. The molecule has 0 saturated carbocycles. The number of guanidine groups is 1. The molecule has 8 nitrogen and oxygen atoms in total. The zero-order valence-corrected chi connectivity index (χ0v) is 17.0. The second-order valence-corrected chi connectivity index (χ2v) is 8.54. The highest BCUT2D eigenvalue weighted by molar-refractivity contribution is 5.78. The minimum absolute atomic E-state index is 0.0489. The van der Waals surface area contributed by atoms with Crippen LogP contribution in [0, 0.1) is 0 Å². The van der Waals surface area contributed by atoms with Gasteiger partial charge in [0.1, 0.15) is 5.60 Å². The molecule has 8 heteroatoms. The predicted molar refractivity (Wildman–Crippen MR) is 102 cm³/mol. The largest absolute Gasteiger partial charge is 0.444 e. The van der Waals surface area contributed by atoms with Gasteiger partial charge in [-0.2, -0.15) is 0 Å². The highest BCUT2D eigenvalue weighted by Crippen LogP contribution is 2.17. The number of nitrogens with zero attached hydrogens (tertiary/aromatic N) is 4. The maximum atomic E-state index is 12.1. The van der Waals surface area contributed by atoms with Gasteiger partial charge in [-0.25, -0.2) is 4.79 Å². The lowest BCUT2D eigenvalue weighted by Crippen LogP contribution is -2.54. The number of hydrogen-bond donors (Lipinski definition) is 1. The van der Waals surface area contributed by atoms with Crippen molar-refractivity contribution < 1.29 is 14.3 Å². The lowest BCUT2D eigenvalue weighted by atomic mass is 10.0. The monoisotopic (exact) mass is 369 g/mol. The summed E-state index contributed by atoms with van der Waals surface area (Å²) in [6.07, 6.45) is -0.263. The van der Waals surface area contributed by atoms with Gasteiger partial charge in [0.15, 0.2) is 5.96 Å². The van der Waals surface area contributed by atoms with Crippen LogP contribution in [0.5, 0.6) is 0 Å². The lowest BCUT2D eigenvalue weighted by molar-refractivity contribution is -0.00692. The van der Waals surface area contributed by atoms with Crippen molar-refractivity contribution in [3.8, 4) is 0 Å². The first kappa shape index (κ1) is 20.8. The Morgan fingerprint density at radius 1 is 1.00 bits per heavy atom. The fraction of sp³-hybridized carbons (Fsp3) is 0.889. The zero-order valence-electron chi connectivity index (χ0n) is 17.0. The molecule has 2 rings (SSSR count). The van der Waals surface area contributed by atoms with Crippen molar-refractivity contribution in [2.24, 2.45) is 10.7 Å². The molecule has 150 valence electrons. The number of carbonyl (C=O) groups excluding carboxylic acids is 1. The number of hydrogen-bond acceptors (Lipinski definition) is 5. The van der Waals surface area contributed by atoms with Crippen molar-refractivity contribution in [1.82, 2.24) is 14.7 Å². The molecule has 1 amide bonds. The summed E-state index contributed by atoms with van der Waals surface area (Å²) in [6.45, 7) is 16.6. The molecule has 0 spiro atoms. The molecule has 0 aromatic carbocycles. The zero-order chi connectivity index (χ0) is 19.4. The van der Waals surface area contributed by atoms with Crippen LogP contribution >= 0.6 is 0 Å². The molecule has 2 heterocycles. The number of carbonyl (C=O) groups is 1. The van der Waals surface area contributed by atoms with Gasteiger partial charge in [0, 0.05) is 44.8 Å². The van der Waals surface area contributed by atoms with E-state index in [-0.39, 0.29) is 11.6 Å². The van der Waals surface area contributed by atoms with E-state index in [1.54, 1.807) is 4.90 Å². The molecule has 0 unspecified atom stereocenters. The second-order valence-electron chi connectivity index (χ2n) is 8.54. The Morgan fingerprint density at radius 2 is 1.54 bits per heavy atom. The molecule has 0 aliphatic carbocycles. The second kappa shape index (κ2) is 8.43. The van der Waals surface area contributed by atoms with Crippen LogP contribution in [-0.2, 0) is 9.47 Å². The lowest BCUT2D eigenvalue weighted by Gasteiger charge is -2.40. The normalized spacial score (nSPS) is 21.0. The highest BCUT2D eigenvalue weighted by atomic mass is 16.6. The van der Waals surface area contributed by atoms with Crippen LogP contribution in [0.4, 0.5) is 4.79 Å². The third kappa shape index (κ3) is 6.02. The van der Waals surface area contributed by atoms with Gasteiger partial charge in [-0.05, 0) is 34.6 Å². The van der Waals surface area contributed by atoms with E-state index < -0.39 is 5.60 Å². The number of rotatable bonds is 3. The minimum Gasteiger partial charge on any atom is -0.444 e. The van der Waals surface area contributed by atoms with Gasteiger partial charge in [-0.15, -0.1) is 0 Å². The molecule has 0 aromatic heterocycles.